The Balaban J connectivity index is 3.70. The van der Waals surface area contributed by atoms with Crippen LogP contribution in [0, 0.1) is 0 Å². The minimum absolute atomic E-state index is 0.0133. The Morgan fingerprint density at radius 1 is 1.42 bits per heavy atom. The Kier molecular flexibility index (Phi) is 5.35. The van der Waals surface area contributed by atoms with Crippen molar-refractivity contribution in [1.82, 2.24) is 0 Å². The smallest absolute Gasteiger partial charge is 0.336 e. The summed E-state index contributed by atoms with van der Waals surface area (Å²) < 4.78 is 23.1. The van der Waals surface area contributed by atoms with Gasteiger partial charge in [0.25, 0.3) is 4.59 Å². The van der Waals surface area contributed by atoms with Gasteiger partial charge in [-0.2, -0.15) is 0 Å². The number of alkyl halides is 3. The Bertz CT molecular complexity index is 526. The van der Waals surface area contributed by atoms with Crippen LogP contribution in [0.3, 0.4) is 0 Å². The molecule has 0 aliphatic carbocycles. The minimum Gasteiger partial charge on any atom is -0.478 e. The summed E-state index contributed by atoms with van der Waals surface area (Å²) in [6.07, 6.45) is 0.292. The Morgan fingerprint density at radius 3 is 2.37 bits per heavy atom. The van der Waals surface area contributed by atoms with E-state index in [9.17, 15) is 13.4 Å². The second kappa shape index (κ2) is 6.20. The van der Waals surface area contributed by atoms with Gasteiger partial charge in [-0.3, -0.25) is 4.21 Å². The van der Waals surface area contributed by atoms with Gasteiger partial charge in [-0.1, -0.05) is 43.1 Å². The zero-order valence-electron chi connectivity index (χ0n) is 10.4. The summed E-state index contributed by atoms with van der Waals surface area (Å²) in [6.45, 7) is 3.35. The molecule has 0 heterocycles. The van der Waals surface area contributed by atoms with Crippen LogP contribution < -0.4 is 0 Å². The van der Waals surface area contributed by atoms with Crippen LogP contribution in [0.5, 0.6) is 0 Å². The predicted octanol–water partition coefficient (Wildman–Crippen LogP) is 3.63. The van der Waals surface area contributed by atoms with Gasteiger partial charge < -0.3 is 5.11 Å². The van der Waals surface area contributed by atoms with Crippen LogP contribution in [0.2, 0.25) is 0 Å². The third-order valence-corrected chi connectivity index (χ3v) is 4.49. The lowest BCUT2D eigenvalue weighted by atomic mass is 10.0. The van der Waals surface area contributed by atoms with Gasteiger partial charge in [-0.15, -0.1) is 0 Å². The first-order valence-corrected chi connectivity index (χ1v) is 7.66. The maximum Gasteiger partial charge on any atom is 0.336 e. The molecular formula is C12H13Cl2FO3S. The lowest BCUT2D eigenvalue weighted by molar-refractivity contribution is 0.0695. The van der Waals surface area contributed by atoms with Crippen molar-refractivity contribution in [2.45, 2.75) is 29.8 Å². The topological polar surface area (TPSA) is 54.4 Å². The van der Waals surface area contributed by atoms with E-state index in [0.29, 0.717) is 12.0 Å². The van der Waals surface area contributed by atoms with Crippen LogP contribution in [0.15, 0.2) is 17.0 Å². The van der Waals surface area contributed by atoms with Crippen molar-refractivity contribution in [1.29, 1.82) is 0 Å². The number of carboxylic acid groups (broad SMARTS) is 1. The Morgan fingerprint density at radius 2 is 2.00 bits per heavy atom. The average molecular weight is 327 g/mol. The molecule has 0 unspecified atom stereocenters. The summed E-state index contributed by atoms with van der Waals surface area (Å²) in [5, 5.41) is 9.11. The van der Waals surface area contributed by atoms with E-state index >= 15 is 0 Å². The van der Waals surface area contributed by atoms with Crippen molar-refractivity contribution >= 4 is 40.0 Å². The molecule has 1 atom stereocenters. The van der Waals surface area contributed by atoms with E-state index in [2.05, 4.69) is 0 Å². The van der Waals surface area contributed by atoms with Crippen LogP contribution >= 0.6 is 23.2 Å². The molecule has 0 aromatic heterocycles. The van der Waals surface area contributed by atoms with Crippen molar-refractivity contribution < 1.29 is 18.5 Å². The Labute approximate surface area is 123 Å². The van der Waals surface area contributed by atoms with E-state index in [0.717, 1.165) is 0 Å². The zero-order valence-corrected chi connectivity index (χ0v) is 12.7. The Hall–Kier alpha value is -0.650. The molecule has 0 bridgehead atoms. The fraction of sp³-hybridized carbons (Fsp3) is 0.417. The van der Waals surface area contributed by atoms with Gasteiger partial charge in [0.05, 0.1) is 21.3 Å². The van der Waals surface area contributed by atoms with Gasteiger partial charge in [0.2, 0.25) is 0 Å². The third-order valence-electron chi connectivity index (χ3n) is 2.64. The maximum atomic E-state index is 13.8. The summed E-state index contributed by atoms with van der Waals surface area (Å²) in [7, 11) is -1.56. The monoisotopic (exact) mass is 326 g/mol. The molecule has 0 aliphatic heterocycles. The lowest BCUT2D eigenvalue weighted by Crippen LogP contribution is -2.15. The first kappa shape index (κ1) is 16.4. The molecule has 19 heavy (non-hydrogen) atoms. The molecule has 0 spiro atoms. The number of hydrogen-bond acceptors (Lipinski definition) is 2. The van der Waals surface area contributed by atoms with Gasteiger partial charge in [0.1, 0.15) is 0 Å². The van der Waals surface area contributed by atoms with Crippen LogP contribution in [-0.2, 0) is 21.8 Å². The fourth-order valence-electron chi connectivity index (χ4n) is 1.81. The molecule has 1 N–H and O–H groups in total. The molecule has 0 saturated heterocycles. The van der Waals surface area contributed by atoms with Gasteiger partial charge >= 0.3 is 5.97 Å². The first-order chi connectivity index (χ1) is 8.73. The van der Waals surface area contributed by atoms with Crippen molar-refractivity contribution in [2.24, 2.45) is 0 Å². The number of benzene rings is 1. The fourth-order valence-corrected chi connectivity index (χ4v) is 3.51. The highest BCUT2D eigenvalue weighted by Crippen LogP contribution is 2.40. The number of rotatable bonds is 5. The SMILES string of the molecule is CCc1c(C(=O)O)ccc(C(F)(Cl)Cl)c1[S@@](=O)CC. The number of carbonyl (C=O) groups is 1. The van der Waals surface area contributed by atoms with Crippen LogP contribution in [0.4, 0.5) is 4.39 Å². The molecule has 0 aliphatic rings. The average Bonchev–Trinajstić information content (AvgIpc) is 2.34. The molecule has 0 radical (unpaired) electrons. The number of halogens is 3. The number of hydrogen-bond donors (Lipinski definition) is 1. The number of aromatic carboxylic acids is 1. The zero-order chi connectivity index (χ0) is 14.8. The molecule has 1 aromatic carbocycles. The molecule has 0 fully saturated rings. The maximum absolute atomic E-state index is 13.8. The van der Waals surface area contributed by atoms with Gasteiger partial charge in [-0.05, 0) is 18.1 Å². The van der Waals surface area contributed by atoms with E-state index in [1.807, 2.05) is 0 Å². The van der Waals surface area contributed by atoms with Gasteiger partial charge in [0.15, 0.2) is 0 Å². The summed E-state index contributed by atoms with van der Waals surface area (Å²) in [5.41, 5.74) is 0.131. The highest BCUT2D eigenvalue weighted by molar-refractivity contribution is 7.85. The molecule has 7 heteroatoms. The van der Waals surface area contributed by atoms with Crippen LogP contribution in [0.25, 0.3) is 0 Å². The largest absolute Gasteiger partial charge is 0.478 e. The van der Waals surface area contributed by atoms with Crippen molar-refractivity contribution in [3.8, 4) is 0 Å². The van der Waals surface area contributed by atoms with E-state index in [4.69, 9.17) is 28.3 Å². The normalized spacial score (nSPS) is 13.3. The van der Waals surface area contributed by atoms with Crippen molar-refractivity contribution in [3.05, 3.63) is 28.8 Å². The van der Waals surface area contributed by atoms with E-state index in [1.54, 1.807) is 13.8 Å². The second-order valence-corrected chi connectivity index (χ2v) is 6.67. The lowest BCUT2D eigenvalue weighted by Gasteiger charge is -2.19. The summed E-state index contributed by atoms with van der Waals surface area (Å²) in [4.78, 5) is 11.2. The van der Waals surface area contributed by atoms with Crippen molar-refractivity contribution in [2.75, 3.05) is 5.75 Å². The second-order valence-electron chi connectivity index (χ2n) is 3.76. The molecule has 106 valence electrons. The van der Waals surface area contributed by atoms with E-state index in [-0.39, 0.29) is 21.8 Å². The highest BCUT2D eigenvalue weighted by atomic mass is 35.5. The summed E-state index contributed by atoms with van der Waals surface area (Å²) in [5.74, 6) is -0.946. The molecule has 3 nitrogen and oxygen atoms in total. The first-order valence-electron chi connectivity index (χ1n) is 5.58. The summed E-state index contributed by atoms with van der Waals surface area (Å²) in [6, 6.07) is 2.40. The van der Waals surface area contributed by atoms with E-state index in [1.165, 1.54) is 12.1 Å². The van der Waals surface area contributed by atoms with Crippen LogP contribution in [-0.4, -0.2) is 21.0 Å². The summed E-state index contributed by atoms with van der Waals surface area (Å²) >= 11 is 10.9. The molecule has 1 rings (SSSR count). The van der Waals surface area contributed by atoms with E-state index < -0.39 is 21.4 Å². The number of carboxylic acids is 1. The predicted molar refractivity (Wildman–Crippen MR) is 74.2 cm³/mol. The van der Waals surface area contributed by atoms with Gasteiger partial charge in [0, 0.05) is 11.3 Å². The molecule has 0 saturated carbocycles. The molecule has 0 amide bonds. The molecular weight excluding hydrogens is 314 g/mol. The highest BCUT2D eigenvalue weighted by Gasteiger charge is 2.33. The molecule has 1 aromatic rings. The van der Waals surface area contributed by atoms with Crippen LogP contribution in [0.1, 0.15) is 35.3 Å². The minimum atomic E-state index is -2.71. The van der Waals surface area contributed by atoms with Crippen molar-refractivity contribution in [3.63, 3.8) is 0 Å². The van der Waals surface area contributed by atoms with Gasteiger partial charge in [-0.25, -0.2) is 9.18 Å². The quantitative estimate of drug-likeness (QED) is 0.840. The third kappa shape index (κ3) is 3.46. The standard InChI is InChI=1S/C12H13Cl2FO3S/c1-3-7-8(11(16)17)5-6-9(12(13,14)15)10(7)19(18)4-2/h5-6H,3-4H2,1-2H3,(H,16,17)/t19-/m0/s1.